The smallest absolute Gasteiger partial charge is 0.255 e. The zero-order valence-electron chi connectivity index (χ0n) is 20.5. The highest BCUT2D eigenvalue weighted by Crippen LogP contribution is 2.61. The molecule has 0 unspecified atom stereocenters. The third-order valence-corrected chi connectivity index (χ3v) is 8.74. The third-order valence-electron chi connectivity index (χ3n) is 8.33. The molecule has 186 valence electrons. The van der Waals surface area contributed by atoms with E-state index >= 15 is 0 Å². The molecule has 1 N–H and O–H groups in total. The van der Waals surface area contributed by atoms with Gasteiger partial charge >= 0.3 is 0 Å². The first kappa shape index (κ1) is 22.9. The molecule has 1 aliphatic heterocycles. The summed E-state index contributed by atoms with van der Waals surface area (Å²) in [5, 5.41) is 3.45. The van der Waals surface area contributed by atoms with E-state index in [0.29, 0.717) is 22.0 Å². The van der Waals surface area contributed by atoms with Crippen LogP contribution < -0.4 is 10.2 Å². The Balaban J connectivity index is 1.26. The van der Waals surface area contributed by atoms with Gasteiger partial charge in [0.25, 0.3) is 5.91 Å². The summed E-state index contributed by atoms with van der Waals surface area (Å²) in [6.45, 7) is 1.84. The molecule has 0 spiro atoms. The molecule has 1 heterocycles. The van der Waals surface area contributed by atoms with Gasteiger partial charge in [-0.15, -0.1) is 0 Å². The molecule has 3 amide bonds. The standard InChI is InChI=1S/C32H23ClN2O3/c1-17-24(33)14-7-15-25(17)34-30(36)18-8-6-9-19(16-18)35-31(37)28-26-20-10-2-3-11-21(20)27(29(28)32(35)38)23-13-5-4-12-22(23)26/h2-16,26-29H,1H3,(H,34,36)/t26?,27?,28-,29-/m1/s1. The SMILES string of the molecule is Cc1c(Cl)cccc1NC(=O)c1cccc(N2C(=O)[C@@H]3C4c5ccccc5C(c5ccccc54)[C@H]3C2=O)c1. The largest absolute Gasteiger partial charge is 0.322 e. The second-order valence-corrected chi connectivity index (χ2v) is 10.6. The van der Waals surface area contributed by atoms with E-state index in [-0.39, 0.29) is 29.6 Å². The van der Waals surface area contributed by atoms with Crippen molar-refractivity contribution in [3.63, 3.8) is 0 Å². The maximum absolute atomic E-state index is 14.0. The molecule has 1 fully saturated rings. The number of hydrogen-bond acceptors (Lipinski definition) is 3. The minimum absolute atomic E-state index is 0.170. The fourth-order valence-electron chi connectivity index (χ4n) is 6.66. The number of nitrogens with one attached hydrogen (secondary N) is 1. The highest BCUT2D eigenvalue weighted by molar-refractivity contribution is 6.31. The van der Waals surface area contributed by atoms with Crippen LogP contribution in [0.5, 0.6) is 0 Å². The summed E-state index contributed by atoms with van der Waals surface area (Å²) in [5.41, 5.74) is 6.66. The van der Waals surface area contributed by atoms with Gasteiger partial charge in [-0.25, -0.2) is 4.90 Å². The molecule has 8 rings (SSSR count). The van der Waals surface area contributed by atoms with Gasteiger partial charge < -0.3 is 5.32 Å². The van der Waals surface area contributed by atoms with Crippen LogP contribution in [0.1, 0.15) is 50.0 Å². The number of halogens is 1. The Morgan fingerprint density at radius 2 is 1.26 bits per heavy atom. The van der Waals surface area contributed by atoms with Gasteiger partial charge in [-0.3, -0.25) is 14.4 Å². The highest BCUT2D eigenvalue weighted by Gasteiger charge is 2.61. The monoisotopic (exact) mass is 518 g/mol. The summed E-state index contributed by atoms with van der Waals surface area (Å²) in [5.74, 6) is -2.03. The Kier molecular flexibility index (Phi) is 5.07. The minimum Gasteiger partial charge on any atom is -0.322 e. The number of carbonyl (C=O) groups is 3. The average molecular weight is 519 g/mol. The Hall–Kier alpha value is -4.22. The lowest BCUT2D eigenvalue weighted by Gasteiger charge is -2.45. The molecule has 3 aliphatic carbocycles. The summed E-state index contributed by atoms with van der Waals surface area (Å²) in [7, 11) is 0. The van der Waals surface area contributed by atoms with Gasteiger partial charge in [-0.2, -0.15) is 0 Å². The third kappa shape index (κ3) is 3.15. The maximum atomic E-state index is 14.0. The quantitative estimate of drug-likeness (QED) is 0.324. The van der Waals surface area contributed by atoms with Gasteiger partial charge in [0.15, 0.2) is 0 Å². The summed E-state index contributed by atoms with van der Waals surface area (Å²) < 4.78 is 0. The van der Waals surface area contributed by atoms with E-state index in [4.69, 9.17) is 11.6 Å². The highest BCUT2D eigenvalue weighted by atomic mass is 35.5. The molecule has 38 heavy (non-hydrogen) atoms. The Labute approximate surface area is 225 Å². The molecule has 2 atom stereocenters. The molecule has 0 aromatic heterocycles. The summed E-state index contributed by atoms with van der Waals surface area (Å²) in [4.78, 5) is 42.4. The Bertz CT molecular complexity index is 1560. The summed E-state index contributed by atoms with van der Waals surface area (Å²) >= 11 is 6.21. The molecular formula is C32H23ClN2O3. The Morgan fingerprint density at radius 1 is 0.737 bits per heavy atom. The van der Waals surface area contributed by atoms with Gasteiger partial charge in [-0.1, -0.05) is 72.3 Å². The lowest BCUT2D eigenvalue weighted by atomic mass is 9.55. The molecule has 6 heteroatoms. The molecule has 4 aromatic carbocycles. The van der Waals surface area contributed by atoms with Gasteiger partial charge in [0, 0.05) is 28.1 Å². The first-order valence-corrected chi connectivity index (χ1v) is 13.1. The molecular weight excluding hydrogens is 496 g/mol. The maximum Gasteiger partial charge on any atom is 0.255 e. The van der Waals surface area contributed by atoms with Crippen LogP contribution in [0.15, 0.2) is 91.0 Å². The average Bonchev–Trinajstić information content (AvgIpc) is 3.21. The van der Waals surface area contributed by atoms with Crippen molar-refractivity contribution in [2.24, 2.45) is 11.8 Å². The van der Waals surface area contributed by atoms with E-state index in [1.54, 1.807) is 42.5 Å². The predicted octanol–water partition coefficient (Wildman–Crippen LogP) is 6.30. The van der Waals surface area contributed by atoms with Crippen molar-refractivity contribution < 1.29 is 14.4 Å². The van der Waals surface area contributed by atoms with Crippen molar-refractivity contribution in [2.45, 2.75) is 18.8 Å². The first-order valence-electron chi connectivity index (χ1n) is 12.7. The second-order valence-electron chi connectivity index (χ2n) is 10.2. The van der Waals surface area contributed by atoms with Crippen molar-refractivity contribution in [3.05, 3.63) is 129 Å². The van der Waals surface area contributed by atoms with E-state index in [1.165, 1.54) is 4.90 Å². The summed E-state index contributed by atoms with van der Waals surface area (Å²) in [6, 6.07) is 28.4. The predicted molar refractivity (Wildman–Crippen MR) is 147 cm³/mol. The van der Waals surface area contributed by atoms with E-state index < -0.39 is 11.8 Å². The van der Waals surface area contributed by atoms with Crippen molar-refractivity contribution in [3.8, 4) is 0 Å². The Morgan fingerprint density at radius 3 is 1.82 bits per heavy atom. The van der Waals surface area contributed by atoms with Crippen LogP contribution in [0.25, 0.3) is 0 Å². The number of carbonyl (C=O) groups excluding carboxylic acids is 3. The molecule has 4 aliphatic rings. The molecule has 2 bridgehead atoms. The number of hydrogen-bond donors (Lipinski definition) is 1. The van der Waals surface area contributed by atoms with E-state index in [1.807, 2.05) is 31.2 Å². The number of benzene rings is 4. The topological polar surface area (TPSA) is 66.5 Å². The van der Waals surface area contributed by atoms with Crippen molar-refractivity contribution in [1.82, 2.24) is 0 Å². The van der Waals surface area contributed by atoms with Crippen LogP contribution in [0.2, 0.25) is 5.02 Å². The number of imide groups is 1. The molecule has 0 saturated carbocycles. The lowest BCUT2D eigenvalue weighted by Crippen LogP contribution is -2.41. The molecule has 1 saturated heterocycles. The van der Waals surface area contributed by atoms with Crippen LogP contribution in [-0.2, 0) is 9.59 Å². The number of anilines is 2. The van der Waals surface area contributed by atoms with E-state index in [0.717, 1.165) is 27.8 Å². The van der Waals surface area contributed by atoms with Crippen LogP contribution in [0.4, 0.5) is 11.4 Å². The van der Waals surface area contributed by atoms with Gasteiger partial charge in [0.1, 0.15) is 0 Å². The van der Waals surface area contributed by atoms with Crippen LogP contribution in [0.3, 0.4) is 0 Å². The minimum atomic E-state index is -0.469. The fraction of sp³-hybridized carbons (Fsp3) is 0.156. The molecule has 4 aromatic rings. The zero-order chi connectivity index (χ0) is 26.1. The van der Waals surface area contributed by atoms with E-state index in [9.17, 15) is 14.4 Å². The second kappa shape index (κ2) is 8.40. The molecule has 5 nitrogen and oxygen atoms in total. The van der Waals surface area contributed by atoms with Crippen molar-refractivity contribution >= 4 is 40.7 Å². The zero-order valence-corrected chi connectivity index (χ0v) is 21.3. The van der Waals surface area contributed by atoms with E-state index in [2.05, 4.69) is 29.6 Å². The lowest BCUT2D eigenvalue weighted by molar-refractivity contribution is -0.122. The fourth-order valence-corrected chi connectivity index (χ4v) is 6.83. The van der Waals surface area contributed by atoms with Gasteiger partial charge in [0.05, 0.1) is 17.5 Å². The first-order chi connectivity index (χ1) is 18.5. The van der Waals surface area contributed by atoms with Gasteiger partial charge in [-0.05, 0) is 65.1 Å². The number of rotatable bonds is 3. The number of amides is 3. The van der Waals surface area contributed by atoms with Crippen LogP contribution in [0, 0.1) is 18.8 Å². The summed E-state index contributed by atoms with van der Waals surface area (Å²) in [6.07, 6.45) is 0. The normalized spacial score (nSPS) is 22.6. The van der Waals surface area contributed by atoms with Crippen LogP contribution >= 0.6 is 11.6 Å². The van der Waals surface area contributed by atoms with Crippen molar-refractivity contribution in [2.75, 3.05) is 10.2 Å². The molecule has 0 radical (unpaired) electrons. The van der Waals surface area contributed by atoms with Gasteiger partial charge in [0.2, 0.25) is 11.8 Å². The van der Waals surface area contributed by atoms with Crippen LogP contribution in [-0.4, -0.2) is 17.7 Å². The number of nitrogens with zero attached hydrogens (tertiary/aromatic N) is 1. The van der Waals surface area contributed by atoms with Crippen molar-refractivity contribution in [1.29, 1.82) is 0 Å².